The predicted molar refractivity (Wildman–Crippen MR) is 338 cm³/mol. The van der Waals surface area contributed by atoms with E-state index in [2.05, 4.69) is 61.1 Å². The molecule has 6 aromatic rings. The van der Waals surface area contributed by atoms with Crippen molar-refractivity contribution in [2.45, 2.75) is 74.6 Å². The molecule has 0 spiro atoms. The number of H-pyrrole nitrogens is 1. The summed E-state index contributed by atoms with van der Waals surface area (Å²) in [5.74, 6) is -2.62. The molecule has 472 valence electrons. The molecule has 4 aromatic carbocycles. The lowest BCUT2D eigenvalue weighted by atomic mass is 9.72. The normalized spacial score (nSPS) is 18.3. The van der Waals surface area contributed by atoms with Crippen LogP contribution in [0, 0.1) is 21.4 Å². The van der Waals surface area contributed by atoms with Crippen molar-refractivity contribution in [2.75, 3.05) is 94.8 Å². The second-order valence-corrected chi connectivity index (χ2v) is 27.0. The molecule has 1 atom stereocenters. The fourth-order valence-electron chi connectivity index (χ4n) is 12.1. The van der Waals surface area contributed by atoms with Gasteiger partial charge in [0.05, 0.1) is 52.5 Å². The summed E-state index contributed by atoms with van der Waals surface area (Å²) in [6, 6.07) is 24.0. The van der Waals surface area contributed by atoms with Gasteiger partial charge < -0.3 is 34.3 Å². The molecule has 23 nitrogen and oxygen atoms in total. The first-order chi connectivity index (χ1) is 43.3. The number of piperidine rings is 2. The number of nitro benzene ring substituents is 1. The number of anilines is 2. The number of ether oxygens (including phenoxy) is 3. The maximum atomic E-state index is 14.2. The monoisotopic (exact) mass is 1280 g/mol. The fraction of sp³-hybridized carbons (Fsp3) is 0.391. The minimum Gasteiger partial charge on any atom is -0.455 e. The molecule has 3 fully saturated rings. The third-order valence-electron chi connectivity index (χ3n) is 17.1. The van der Waals surface area contributed by atoms with E-state index in [0.717, 1.165) is 60.9 Å². The Balaban J connectivity index is 0.644. The number of pyridine rings is 1. The molecule has 0 radical (unpaired) electrons. The second kappa shape index (κ2) is 27.5. The van der Waals surface area contributed by atoms with Gasteiger partial charge in [-0.2, -0.15) is 0 Å². The van der Waals surface area contributed by atoms with E-state index in [4.69, 9.17) is 25.8 Å². The zero-order valence-corrected chi connectivity index (χ0v) is 52.2. The Labute approximate surface area is 529 Å². The van der Waals surface area contributed by atoms with Crippen LogP contribution in [-0.4, -0.2) is 164 Å². The van der Waals surface area contributed by atoms with E-state index < -0.39 is 61.1 Å². The van der Waals surface area contributed by atoms with Gasteiger partial charge >= 0.3 is 0 Å². The number of fused-ring (bicyclic) bond motifs is 2. The number of thioether (sulfide) groups is 1. The third-order valence-corrected chi connectivity index (χ3v) is 19.7. The number of nitro groups is 1. The lowest BCUT2D eigenvalue weighted by Crippen LogP contribution is -2.54. The van der Waals surface area contributed by atoms with Crippen LogP contribution < -0.4 is 25.0 Å². The Morgan fingerprint density at radius 3 is 2.42 bits per heavy atom. The van der Waals surface area contributed by atoms with E-state index in [0.29, 0.717) is 72.6 Å². The van der Waals surface area contributed by atoms with Gasteiger partial charge in [0.25, 0.3) is 33.4 Å². The minimum absolute atomic E-state index is 0.0274. The number of sulfonamides is 1. The van der Waals surface area contributed by atoms with Crippen molar-refractivity contribution in [2.24, 2.45) is 11.3 Å². The molecule has 1 aliphatic carbocycles. The number of hydrogen-bond acceptors (Lipinski definition) is 18. The Morgan fingerprint density at radius 2 is 1.66 bits per heavy atom. The molecule has 6 heterocycles. The van der Waals surface area contributed by atoms with Crippen molar-refractivity contribution in [1.82, 2.24) is 34.7 Å². The summed E-state index contributed by atoms with van der Waals surface area (Å²) < 4.78 is 47.7. The quantitative estimate of drug-likeness (QED) is 0.0153. The van der Waals surface area contributed by atoms with Crippen molar-refractivity contribution in [1.29, 1.82) is 0 Å². The largest absolute Gasteiger partial charge is 0.455 e. The van der Waals surface area contributed by atoms with Crippen LogP contribution in [0.15, 0.2) is 119 Å². The number of allylic oxidation sites excluding steroid dienone is 1. The number of carbonyl (C=O) groups excluding carboxylic acids is 6. The molecular formula is C64H69ClN10O13S2. The zero-order chi connectivity index (χ0) is 63.3. The second-order valence-electron chi connectivity index (χ2n) is 23.8. The number of carbonyl (C=O) groups is 6. The van der Waals surface area contributed by atoms with Gasteiger partial charge in [0, 0.05) is 104 Å². The van der Waals surface area contributed by atoms with E-state index >= 15 is 0 Å². The predicted octanol–water partition coefficient (Wildman–Crippen LogP) is 8.70. The topological polar surface area (TPSA) is 285 Å². The van der Waals surface area contributed by atoms with Gasteiger partial charge in [-0.15, -0.1) is 11.8 Å². The number of nitrogens with one attached hydrogen (secondary N) is 4. The van der Waals surface area contributed by atoms with E-state index in [-0.39, 0.29) is 84.6 Å². The molecule has 0 bridgehead atoms. The van der Waals surface area contributed by atoms with E-state index in [1.165, 1.54) is 58.9 Å². The Hall–Kier alpha value is -8.20. The molecule has 2 aromatic heterocycles. The fourth-order valence-corrected chi connectivity index (χ4v) is 14.2. The molecule has 26 heteroatoms. The van der Waals surface area contributed by atoms with Gasteiger partial charge in [-0.25, -0.2) is 18.1 Å². The smallest absolute Gasteiger partial charge is 0.293 e. The number of rotatable bonds is 23. The molecular weight excluding hydrogens is 1220 g/mol. The highest BCUT2D eigenvalue weighted by molar-refractivity contribution is 7.99. The lowest BCUT2D eigenvalue weighted by molar-refractivity contribution is -0.384. The summed E-state index contributed by atoms with van der Waals surface area (Å²) in [4.78, 5) is 104. The Kier molecular flexibility index (Phi) is 19.4. The highest BCUT2D eigenvalue weighted by atomic mass is 35.5. The average Bonchev–Trinajstić information content (AvgIpc) is 1.59. The van der Waals surface area contributed by atoms with Gasteiger partial charge in [0.1, 0.15) is 35.5 Å². The molecule has 4 N–H and O–H groups in total. The van der Waals surface area contributed by atoms with Crippen LogP contribution >= 0.6 is 23.4 Å². The number of piperazine rings is 1. The summed E-state index contributed by atoms with van der Waals surface area (Å²) >= 11 is 7.59. The molecule has 0 saturated carbocycles. The van der Waals surface area contributed by atoms with E-state index in [9.17, 15) is 47.3 Å². The maximum absolute atomic E-state index is 14.2. The van der Waals surface area contributed by atoms with Crippen molar-refractivity contribution >= 4 is 102 Å². The van der Waals surface area contributed by atoms with Crippen LogP contribution in [0.4, 0.5) is 17.1 Å². The number of aromatic nitrogens is 2. The van der Waals surface area contributed by atoms with Crippen molar-refractivity contribution in [3.8, 4) is 11.5 Å². The van der Waals surface area contributed by atoms with Crippen molar-refractivity contribution in [3.63, 3.8) is 0 Å². The summed E-state index contributed by atoms with van der Waals surface area (Å²) in [5.41, 5.74) is 5.55. The Morgan fingerprint density at radius 1 is 0.878 bits per heavy atom. The van der Waals surface area contributed by atoms with Crippen LogP contribution in [-0.2, 0) is 33.9 Å². The van der Waals surface area contributed by atoms with Gasteiger partial charge in [0.15, 0.2) is 0 Å². The van der Waals surface area contributed by atoms with Crippen LogP contribution in [0.25, 0.3) is 16.6 Å². The number of hydrogen-bond donors (Lipinski definition) is 4. The molecule has 11 rings (SSSR count). The molecule has 6 amide bonds. The number of nitrogens with zero attached hydrogens (tertiary/aromatic N) is 6. The first kappa shape index (κ1) is 63.4. The Bertz CT molecular complexity index is 3920. The number of halogens is 1. The van der Waals surface area contributed by atoms with Gasteiger partial charge in [0.2, 0.25) is 17.7 Å². The summed E-state index contributed by atoms with van der Waals surface area (Å²) in [6.07, 6.45) is 7.64. The number of aromatic amines is 1. The summed E-state index contributed by atoms with van der Waals surface area (Å²) in [5, 5.41) is 19.2. The van der Waals surface area contributed by atoms with Gasteiger partial charge in [-0.05, 0) is 122 Å². The van der Waals surface area contributed by atoms with Crippen molar-refractivity contribution in [3.05, 3.63) is 146 Å². The number of imide groups is 2. The van der Waals surface area contributed by atoms with Crippen LogP contribution in [0.2, 0.25) is 5.02 Å². The highest BCUT2D eigenvalue weighted by Gasteiger charge is 2.46. The standard InChI is InChI=1S/C64H69ClN10O13S2/c1-64(2)20-16-43(50(35-64)41-6-8-44(65)9-7-41)38-71-24-26-72(27-25-71)45-10-12-48(54(33-45)88-46-32-42-17-21-66-59(42)68-37-46)60(78)70-90(84,85)47-11-13-51(53(34-47)75(82)83)67-36-40-18-22-73(23-19-40)57(77)39-87-29-28-86-30-31-89-55-5-3-4-49-58(55)63(81)74(62(49)80)52-14-15-56(76)69-61(52)79/h3-13,17,21,32-34,37,40,52,67H,14-16,18-20,22-31,35-36,38-39H2,1-2H3,(H,66,68)(H,70,78)(H,69,76,79). The van der Waals surface area contributed by atoms with Crippen LogP contribution in [0.1, 0.15) is 95.4 Å². The molecule has 3 saturated heterocycles. The van der Waals surface area contributed by atoms with Crippen LogP contribution in [0.5, 0.6) is 11.5 Å². The third kappa shape index (κ3) is 14.7. The number of benzene rings is 4. The van der Waals surface area contributed by atoms with E-state index in [1.807, 2.05) is 18.2 Å². The number of amides is 6. The zero-order valence-electron chi connectivity index (χ0n) is 49.8. The molecule has 4 aliphatic heterocycles. The van der Waals surface area contributed by atoms with Crippen molar-refractivity contribution < 1.29 is 56.3 Å². The van der Waals surface area contributed by atoms with E-state index in [1.54, 1.807) is 41.4 Å². The summed E-state index contributed by atoms with van der Waals surface area (Å²) in [7, 11) is -4.67. The molecule has 5 aliphatic rings. The average molecular weight is 1290 g/mol. The molecule has 1 unspecified atom stereocenters. The first-order valence-electron chi connectivity index (χ1n) is 30.0. The summed E-state index contributed by atoms with van der Waals surface area (Å²) in [6.45, 7) is 10.1. The minimum atomic E-state index is -4.67. The van der Waals surface area contributed by atoms with Gasteiger partial charge in [-0.1, -0.05) is 49.2 Å². The SMILES string of the molecule is CC1(C)CCC(CN2CCN(c3ccc(C(=O)NS(=O)(=O)c4ccc(NCC5CCN(C(=O)COCCOCCSc6cccc7c6C(=O)N(C6CCC(=O)NC6=O)C7=O)CC5)c([N+](=O)[O-])c4)c(Oc4cnc5[nH]ccc5c4)c3)CC2)=C(c2ccc(Cl)cc2)C1. The van der Waals surface area contributed by atoms with Crippen LogP contribution in [0.3, 0.4) is 0 Å². The highest BCUT2D eigenvalue weighted by Crippen LogP contribution is 2.44. The maximum Gasteiger partial charge on any atom is 0.293 e. The first-order valence-corrected chi connectivity index (χ1v) is 32.8. The lowest BCUT2D eigenvalue weighted by Gasteiger charge is -2.39. The molecule has 90 heavy (non-hydrogen) atoms. The van der Waals surface area contributed by atoms with Gasteiger partial charge in [-0.3, -0.25) is 54.0 Å². The number of likely N-dealkylation sites (tertiary alicyclic amines) is 1.